The van der Waals surface area contributed by atoms with Crippen LogP contribution in [0.4, 0.5) is 4.39 Å². The maximum atomic E-state index is 12.3. The van der Waals surface area contributed by atoms with E-state index in [1.165, 1.54) is 0 Å². The zero-order valence-corrected chi connectivity index (χ0v) is 7.25. The van der Waals surface area contributed by atoms with Crippen molar-refractivity contribution in [1.29, 1.82) is 0 Å². The van der Waals surface area contributed by atoms with Gasteiger partial charge in [-0.1, -0.05) is 11.6 Å². The summed E-state index contributed by atoms with van der Waals surface area (Å²) in [6, 6.07) is 0. The summed E-state index contributed by atoms with van der Waals surface area (Å²) >= 11 is 0. The number of halogens is 2. The molecule has 1 atom stereocenters. The highest BCUT2D eigenvalue weighted by Gasteiger charge is 1.98. The molecule has 0 amide bonds. The third-order valence-corrected chi connectivity index (χ3v) is 1.04. The molecule has 10 heavy (non-hydrogen) atoms. The van der Waals surface area contributed by atoms with Gasteiger partial charge in [0, 0.05) is 6.54 Å². The number of rotatable bonds is 3. The van der Waals surface area contributed by atoms with Gasteiger partial charge in [0.25, 0.3) is 0 Å². The molecule has 62 valence electrons. The summed E-state index contributed by atoms with van der Waals surface area (Å²) in [5, 5.41) is 0. The molecule has 0 aromatic heterocycles. The van der Waals surface area contributed by atoms with Crippen molar-refractivity contribution < 1.29 is 4.39 Å². The first-order chi connectivity index (χ1) is 4.16. The number of hydrogen-bond donors (Lipinski definition) is 1. The Morgan fingerprint density at radius 3 is 2.40 bits per heavy atom. The van der Waals surface area contributed by atoms with Crippen molar-refractivity contribution in [2.75, 3.05) is 6.54 Å². The average molecular weight is 168 g/mol. The lowest BCUT2D eigenvalue weighted by atomic mass is 10.2. The molecule has 0 rings (SSSR count). The van der Waals surface area contributed by atoms with Crippen LogP contribution in [0.3, 0.4) is 0 Å². The molecular formula is C7H15ClFN. The van der Waals surface area contributed by atoms with E-state index in [9.17, 15) is 4.39 Å². The summed E-state index contributed by atoms with van der Waals surface area (Å²) < 4.78 is 12.3. The molecule has 0 aliphatic heterocycles. The van der Waals surface area contributed by atoms with Crippen LogP contribution in [-0.4, -0.2) is 12.7 Å². The van der Waals surface area contributed by atoms with Crippen molar-refractivity contribution in [3.05, 3.63) is 11.6 Å². The molecule has 0 saturated carbocycles. The number of hydrogen-bond acceptors (Lipinski definition) is 1. The average Bonchev–Trinajstić information content (AvgIpc) is 1.83. The summed E-state index contributed by atoms with van der Waals surface area (Å²) in [7, 11) is 0. The topological polar surface area (TPSA) is 26.0 Å². The van der Waals surface area contributed by atoms with Gasteiger partial charge in [-0.25, -0.2) is 4.39 Å². The number of alkyl halides is 1. The van der Waals surface area contributed by atoms with Crippen molar-refractivity contribution in [2.24, 2.45) is 5.73 Å². The maximum Gasteiger partial charge on any atom is 0.116 e. The highest BCUT2D eigenvalue weighted by molar-refractivity contribution is 5.85. The first-order valence-corrected chi connectivity index (χ1v) is 3.14. The van der Waals surface area contributed by atoms with E-state index in [0.29, 0.717) is 6.42 Å². The summed E-state index contributed by atoms with van der Waals surface area (Å²) in [5.74, 6) is 0. The van der Waals surface area contributed by atoms with E-state index in [1.807, 2.05) is 19.9 Å². The van der Waals surface area contributed by atoms with Gasteiger partial charge in [0.1, 0.15) is 6.17 Å². The molecule has 0 aliphatic carbocycles. The van der Waals surface area contributed by atoms with Gasteiger partial charge in [0.15, 0.2) is 0 Å². The smallest absolute Gasteiger partial charge is 0.116 e. The zero-order chi connectivity index (χ0) is 7.28. The van der Waals surface area contributed by atoms with E-state index in [0.717, 1.165) is 5.57 Å². The van der Waals surface area contributed by atoms with Gasteiger partial charge in [0.2, 0.25) is 0 Å². The minimum absolute atomic E-state index is 0. The minimum atomic E-state index is -0.861. The fourth-order valence-corrected chi connectivity index (χ4v) is 0.460. The molecule has 0 aromatic carbocycles. The Morgan fingerprint density at radius 1 is 1.60 bits per heavy atom. The second-order valence-corrected chi connectivity index (χ2v) is 2.35. The van der Waals surface area contributed by atoms with Gasteiger partial charge in [-0.05, 0) is 20.3 Å². The molecule has 0 fully saturated rings. The second-order valence-electron chi connectivity index (χ2n) is 2.35. The molecule has 0 heterocycles. The third-order valence-electron chi connectivity index (χ3n) is 1.04. The number of nitrogens with two attached hydrogens (primary N) is 1. The first kappa shape index (κ1) is 12.6. The highest BCUT2D eigenvalue weighted by Crippen LogP contribution is 1.99. The van der Waals surface area contributed by atoms with E-state index in [4.69, 9.17) is 5.73 Å². The SMILES string of the molecule is CC(C)=CCC(F)CN.Cl. The molecule has 0 spiro atoms. The van der Waals surface area contributed by atoms with Crippen LogP contribution in [0.1, 0.15) is 20.3 Å². The Bertz CT molecular complexity index is 99.8. The lowest BCUT2D eigenvalue weighted by molar-refractivity contribution is 0.344. The normalized spacial score (nSPS) is 11.6. The van der Waals surface area contributed by atoms with Crippen molar-refractivity contribution in [3.63, 3.8) is 0 Å². The van der Waals surface area contributed by atoms with Gasteiger partial charge in [0.05, 0.1) is 0 Å². The van der Waals surface area contributed by atoms with Crippen molar-refractivity contribution in [1.82, 2.24) is 0 Å². The Hall–Kier alpha value is -0.0800. The molecule has 0 saturated heterocycles. The quantitative estimate of drug-likeness (QED) is 0.640. The Balaban J connectivity index is 0. The minimum Gasteiger partial charge on any atom is -0.328 e. The monoisotopic (exact) mass is 167 g/mol. The van der Waals surface area contributed by atoms with Crippen molar-refractivity contribution in [3.8, 4) is 0 Å². The van der Waals surface area contributed by atoms with Gasteiger partial charge in [-0.3, -0.25) is 0 Å². The third kappa shape index (κ3) is 7.92. The van der Waals surface area contributed by atoms with Gasteiger partial charge in [-0.2, -0.15) is 0 Å². The van der Waals surface area contributed by atoms with E-state index < -0.39 is 6.17 Å². The molecule has 1 unspecified atom stereocenters. The first-order valence-electron chi connectivity index (χ1n) is 3.14. The van der Waals surface area contributed by atoms with Crippen LogP contribution < -0.4 is 5.73 Å². The molecular weight excluding hydrogens is 153 g/mol. The predicted octanol–water partition coefficient (Wildman–Crippen LogP) is 2.06. The zero-order valence-electron chi connectivity index (χ0n) is 6.43. The lowest BCUT2D eigenvalue weighted by Crippen LogP contribution is -2.13. The van der Waals surface area contributed by atoms with Crippen molar-refractivity contribution in [2.45, 2.75) is 26.4 Å². The van der Waals surface area contributed by atoms with Crippen molar-refractivity contribution >= 4 is 12.4 Å². The molecule has 0 aromatic rings. The summed E-state index contributed by atoms with van der Waals surface area (Å²) in [6.45, 7) is 4.02. The Morgan fingerprint density at radius 2 is 2.10 bits per heavy atom. The molecule has 0 radical (unpaired) electrons. The molecule has 0 bridgehead atoms. The standard InChI is InChI=1S/C7H14FN.ClH/c1-6(2)3-4-7(8)5-9;/h3,7H,4-5,9H2,1-2H3;1H. The molecule has 1 nitrogen and oxygen atoms in total. The van der Waals surface area contributed by atoms with Crippen LogP contribution in [-0.2, 0) is 0 Å². The highest BCUT2D eigenvalue weighted by atomic mass is 35.5. The van der Waals surface area contributed by atoms with Crippen LogP contribution in [0.15, 0.2) is 11.6 Å². The summed E-state index contributed by atoms with van der Waals surface area (Å²) in [6.07, 6.45) is 1.45. The van der Waals surface area contributed by atoms with E-state index in [1.54, 1.807) is 0 Å². The summed E-state index contributed by atoms with van der Waals surface area (Å²) in [5.41, 5.74) is 6.20. The molecule has 3 heteroatoms. The predicted molar refractivity (Wildman–Crippen MR) is 45.2 cm³/mol. The molecule has 0 aliphatic rings. The lowest BCUT2D eigenvalue weighted by Gasteiger charge is -1.98. The van der Waals surface area contributed by atoms with Gasteiger partial charge >= 0.3 is 0 Å². The van der Waals surface area contributed by atoms with E-state index >= 15 is 0 Å². The van der Waals surface area contributed by atoms with Crippen LogP contribution >= 0.6 is 12.4 Å². The van der Waals surface area contributed by atoms with E-state index in [2.05, 4.69) is 0 Å². The van der Waals surface area contributed by atoms with Crippen LogP contribution in [0.25, 0.3) is 0 Å². The van der Waals surface area contributed by atoms with E-state index in [-0.39, 0.29) is 19.0 Å². The largest absolute Gasteiger partial charge is 0.328 e. The van der Waals surface area contributed by atoms with Gasteiger partial charge < -0.3 is 5.73 Å². The second kappa shape index (κ2) is 7.03. The maximum absolute atomic E-state index is 12.3. The Kier molecular flexibility index (Phi) is 8.85. The fraction of sp³-hybridized carbons (Fsp3) is 0.714. The van der Waals surface area contributed by atoms with Crippen LogP contribution in [0.2, 0.25) is 0 Å². The molecule has 2 N–H and O–H groups in total. The van der Waals surface area contributed by atoms with Crippen LogP contribution in [0, 0.1) is 0 Å². The Labute approximate surface area is 67.9 Å². The fourth-order valence-electron chi connectivity index (χ4n) is 0.460. The summed E-state index contributed by atoms with van der Waals surface area (Å²) in [4.78, 5) is 0. The number of allylic oxidation sites excluding steroid dienone is 2. The van der Waals surface area contributed by atoms with Gasteiger partial charge in [-0.15, -0.1) is 12.4 Å². The van der Waals surface area contributed by atoms with Crippen LogP contribution in [0.5, 0.6) is 0 Å².